The van der Waals surface area contributed by atoms with Gasteiger partial charge in [0.25, 0.3) is 17.3 Å². The van der Waals surface area contributed by atoms with Crippen LogP contribution in [0.15, 0.2) is 30.3 Å². The van der Waals surface area contributed by atoms with Crippen LogP contribution in [0.25, 0.3) is 0 Å². The number of hydrogen-bond donors (Lipinski definition) is 1. The summed E-state index contributed by atoms with van der Waals surface area (Å²) >= 11 is 5.49. The normalized spacial score (nSPS) is 11.1. The monoisotopic (exact) mass is 403 g/mol. The molecule has 0 saturated heterocycles. The topological polar surface area (TPSA) is 115 Å². The maximum atomic E-state index is 12.9. The molecule has 8 nitrogen and oxygen atoms in total. The number of carbonyl (C=O) groups excluding carboxylic acids is 1. The summed E-state index contributed by atoms with van der Waals surface area (Å²) in [6, 6.07) is 4.09. The first-order valence-electron chi connectivity index (χ1n) is 7.03. The van der Waals surface area contributed by atoms with Gasteiger partial charge in [-0.2, -0.15) is 13.2 Å². The van der Waals surface area contributed by atoms with Crippen LogP contribution >= 0.6 is 11.6 Å². The summed E-state index contributed by atoms with van der Waals surface area (Å²) in [5, 5.41) is 23.5. The summed E-state index contributed by atoms with van der Waals surface area (Å²) in [5.41, 5.74) is -3.44. The van der Waals surface area contributed by atoms with Gasteiger partial charge in [0.2, 0.25) is 0 Å². The Morgan fingerprint density at radius 2 is 1.74 bits per heavy atom. The zero-order chi connectivity index (χ0) is 20.5. The van der Waals surface area contributed by atoms with Gasteiger partial charge >= 0.3 is 6.18 Å². The number of amides is 1. The molecule has 0 heterocycles. The summed E-state index contributed by atoms with van der Waals surface area (Å²) < 4.78 is 38.7. The van der Waals surface area contributed by atoms with E-state index in [0.29, 0.717) is 12.1 Å². The number of alkyl halides is 3. The van der Waals surface area contributed by atoms with Crippen molar-refractivity contribution in [1.82, 2.24) is 0 Å². The lowest BCUT2D eigenvalue weighted by molar-refractivity contribution is -0.394. The molecule has 0 unspecified atom stereocenters. The van der Waals surface area contributed by atoms with Crippen LogP contribution in [0.3, 0.4) is 0 Å². The van der Waals surface area contributed by atoms with E-state index in [0.717, 1.165) is 18.2 Å². The summed E-state index contributed by atoms with van der Waals surface area (Å²) in [5.74, 6) is -1.05. The molecule has 0 radical (unpaired) electrons. The number of nitro benzene ring substituents is 2. The Bertz CT molecular complexity index is 962. The zero-order valence-corrected chi connectivity index (χ0v) is 14.1. The van der Waals surface area contributed by atoms with Crippen molar-refractivity contribution in [3.63, 3.8) is 0 Å². The number of hydrogen-bond acceptors (Lipinski definition) is 5. The minimum atomic E-state index is -4.77. The Morgan fingerprint density at radius 3 is 2.26 bits per heavy atom. The summed E-state index contributed by atoms with van der Waals surface area (Å²) in [6.45, 7) is 1.19. The Hall–Kier alpha value is -3.21. The molecule has 0 aliphatic heterocycles. The third-order valence-electron chi connectivity index (χ3n) is 3.55. The predicted octanol–water partition coefficient (Wildman–Crippen LogP) is 4.74. The number of anilines is 1. The number of non-ortho nitro benzene ring substituents is 1. The molecule has 0 spiro atoms. The molecule has 0 aliphatic carbocycles. The minimum Gasteiger partial charge on any atom is -0.322 e. The number of nitrogens with zero attached hydrogens (tertiary/aromatic N) is 2. The van der Waals surface area contributed by atoms with E-state index >= 15 is 0 Å². The van der Waals surface area contributed by atoms with Crippen molar-refractivity contribution in [3.05, 3.63) is 72.3 Å². The number of nitro groups is 2. The van der Waals surface area contributed by atoms with Crippen molar-refractivity contribution in [3.8, 4) is 0 Å². The van der Waals surface area contributed by atoms with Crippen molar-refractivity contribution in [1.29, 1.82) is 0 Å². The number of carbonyl (C=O) groups is 1. The molecule has 12 heteroatoms. The first-order chi connectivity index (χ1) is 12.4. The van der Waals surface area contributed by atoms with Gasteiger partial charge in [-0.05, 0) is 25.1 Å². The smallest absolute Gasteiger partial charge is 0.322 e. The number of benzene rings is 2. The van der Waals surface area contributed by atoms with E-state index < -0.39 is 49.5 Å². The van der Waals surface area contributed by atoms with Gasteiger partial charge in [-0.1, -0.05) is 11.6 Å². The largest absolute Gasteiger partial charge is 0.417 e. The second-order valence-electron chi connectivity index (χ2n) is 5.30. The first kappa shape index (κ1) is 20.1. The van der Waals surface area contributed by atoms with E-state index in [1.54, 1.807) is 0 Å². The van der Waals surface area contributed by atoms with E-state index in [1.165, 1.54) is 6.92 Å². The van der Waals surface area contributed by atoms with Gasteiger partial charge in [0, 0.05) is 17.3 Å². The highest BCUT2D eigenvalue weighted by molar-refractivity contribution is 6.31. The number of nitrogens with one attached hydrogen (secondary N) is 1. The standard InChI is InChI=1S/C15H9ClF3N3O5/c1-7-10(5-9(21(24)25)6-13(7)22(26)27)14(23)20-8-2-3-12(16)11(4-8)15(17,18)19/h2-6H,1H3,(H,20,23). The summed E-state index contributed by atoms with van der Waals surface area (Å²) in [6.07, 6.45) is -4.77. The molecule has 2 aromatic carbocycles. The Kier molecular flexibility index (Phi) is 5.36. The van der Waals surface area contributed by atoms with E-state index in [1.807, 2.05) is 0 Å². The molecule has 27 heavy (non-hydrogen) atoms. The van der Waals surface area contributed by atoms with E-state index in [-0.39, 0.29) is 11.3 Å². The molecule has 142 valence electrons. The van der Waals surface area contributed by atoms with Gasteiger partial charge in [0.15, 0.2) is 0 Å². The average molecular weight is 404 g/mol. The fourth-order valence-electron chi connectivity index (χ4n) is 2.23. The first-order valence-corrected chi connectivity index (χ1v) is 7.41. The van der Waals surface area contributed by atoms with Crippen molar-refractivity contribution < 1.29 is 27.8 Å². The van der Waals surface area contributed by atoms with Crippen molar-refractivity contribution in [2.24, 2.45) is 0 Å². The van der Waals surface area contributed by atoms with Gasteiger partial charge < -0.3 is 5.32 Å². The van der Waals surface area contributed by atoms with E-state index in [4.69, 9.17) is 11.6 Å². The Labute approximate surface area is 153 Å². The lowest BCUT2D eigenvalue weighted by atomic mass is 10.0. The molecular formula is C15H9ClF3N3O5. The van der Waals surface area contributed by atoms with E-state index in [2.05, 4.69) is 5.32 Å². The zero-order valence-electron chi connectivity index (χ0n) is 13.3. The number of rotatable bonds is 4. The fraction of sp³-hybridized carbons (Fsp3) is 0.133. The second-order valence-corrected chi connectivity index (χ2v) is 5.71. The molecular weight excluding hydrogens is 395 g/mol. The van der Waals surface area contributed by atoms with Gasteiger partial charge in [-0.15, -0.1) is 0 Å². The molecule has 0 atom stereocenters. The summed E-state index contributed by atoms with van der Waals surface area (Å²) in [4.78, 5) is 32.5. The highest BCUT2D eigenvalue weighted by Crippen LogP contribution is 2.36. The third kappa shape index (κ3) is 4.31. The highest BCUT2D eigenvalue weighted by Gasteiger charge is 2.33. The van der Waals surface area contributed by atoms with Crippen molar-refractivity contribution in [2.75, 3.05) is 5.32 Å². The minimum absolute atomic E-state index is 0.173. The molecule has 0 saturated carbocycles. The maximum absolute atomic E-state index is 12.9. The third-order valence-corrected chi connectivity index (χ3v) is 3.88. The lowest BCUT2D eigenvalue weighted by Crippen LogP contribution is -2.15. The molecule has 0 bridgehead atoms. The van der Waals surface area contributed by atoms with Gasteiger partial charge in [0.1, 0.15) is 0 Å². The Balaban J connectivity index is 2.47. The van der Waals surface area contributed by atoms with Crippen LogP contribution in [0.4, 0.5) is 30.2 Å². The van der Waals surface area contributed by atoms with Gasteiger partial charge in [-0.3, -0.25) is 25.0 Å². The van der Waals surface area contributed by atoms with Crippen LogP contribution in [0.5, 0.6) is 0 Å². The van der Waals surface area contributed by atoms with Crippen LogP contribution in [0.1, 0.15) is 21.5 Å². The SMILES string of the molecule is Cc1c(C(=O)Nc2ccc(Cl)c(C(F)(F)F)c2)cc([N+](=O)[O-])cc1[N+](=O)[O-]. The number of halogens is 4. The van der Waals surface area contributed by atoms with E-state index in [9.17, 15) is 38.2 Å². The molecule has 2 rings (SSSR count). The molecule has 1 N–H and O–H groups in total. The molecule has 0 fully saturated rings. The van der Waals surface area contributed by atoms with Crippen molar-refractivity contribution in [2.45, 2.75) is 13.1 Å². The molecule has 0 aromatic heterocycles. The molecule has 1 amide bonds. The van der Waals surface area contributed by atoms with Crippen LogP contribution < -0.4 is 5.32 Å². The summed E-state index contributed by atoms with van der Waals surface area (Å²) in [7, 11) is 0. The second kappa shape index (κ2) is 7.19. The van der Waals surface area contributed by atoms with Crippen LogP contribution in [-0.4, -0.2) is 15.8 Å². The Morgan fingerprint density at radius 1 is 1.11 bits per heavy atom. The molecule has 0 aliphatic rings. The van der Waals surface area contributed by atoms with Crippen LogP contribution in [0, 0.1) is 27.2 Å². The van der Waals surface area contributed by atoms with Gasteiger partial charge in [-0.25, -0.2) is 0 Å². The average Bonchev–Trinajstić information content (AvgIpc) is 2.55. The maximum Gasteiger partial charge on any atom is 0.417 e. The van der Waals surface area contributed by atoms with Crippen LogP contribution in [-0.2, 0) is 6.18 Å². The quantitative estimate of drug-likeness (QED) is 0.585. The highest BCUT2D eigenvalue weighted by atomic mass is 35.5. The molecule has 2 aromatic rings. The van der Waals surface area contributed by atoms with Crippen LogP contribution in [0.2, 0.25) is 5.02 Å². The lowest BCUT2D eigenvalue weighted by Gasteiger charge is -2.12. The van der Waals surface area contributed by atoms with Gasteiger partial charge in [0.05, 0.1) is 32.1 Å². The predicted molar refractivity (Wildman–Crippen MR) is 88.9 cm³/mol. The van der Waals surface area contributed by atoms with Crippen molar-refractivity contribution >= 4 is 34.6 Å². The fourth-order valence-corrected chi connectivity index (χ4v) is 2.46.